The summed E-state index contributed by atoms with van der Waals surface area (Å²) in [6.45, 7) is 1.10. The molecule has 0 saturated carbocycles. The van der Waals surface area contributed by atoms with E-state index in [1.807, 2.05) is 16.5 Å². The lowest BCUT2D eigenvalue weighted by Crippen LogP contribution is -2.27. The fraction of sp³-hybridized carbons (Fsp3) is 0.261. The second-order valence-electron chi connectivity index (χ2n) is 7.08. The number of aromatic nitrogens is 3. The minimum absolute atomic E-state index is 0.0269. The Morgan fingerprint density at radius 2 is 1.97 bits per heavy atom. The monoisotopic (exact) mass is 415 g/mol. The highest BCUT2D eigenvalue weighted by Crippen LogP contribution is 2.29. The van der Waals surface area contributed by atoms with E-state index in [1.54, 1.807) is 37.6 Å². The van der Waals surface area contributed by atoms with Gasteiger partial charge in [-0.3, -0.25) is 9.20 Å². The summed E-state index contributed by atoms with van der Waals surface area (Å²) in [5.41, 5.74) is 8.03. The molecule has 0 spiro atoms. The normalized spacial score (nSPS) is 15.3. The highest BCUT2D eigenvalue weighted by molar-refractivity contribution is 5.93. The quantitative estimate of drug-likeness (QED) is 0.654. The van der Waals surface area contributed by atoms with Crippen LogP contribution in [0.2, 0.25) is 0 Å². The van der Waals surface area contributed by atoms with Crippen molar-refractivity contribution >= 4 is 17.2 Å². The third-order valence-electron chi connectivity index (χ3n) is 5.25. The van der Waals surface area contributed by atoms with E-state index in [0.29, 0.717) is 47.2 Å². The van der Waals surface area contributed by atoms with Gasteiger partial charge in [-0.25, -0.2) is 9.97 Å². The molecule has 8 heteroatoms. The molecular formula is C23H21N5O3. The van der Waals surface area contributed by atoms with Crippen molar-refractivity contribution in [2.75, 3.05) is 33.0 Å². The zero-order valence-electron chi connectivity index (χ0n) is 17.3. The Morgan fingerprint density at radius 3 is 2.65 bits per heavy atom. The van der Waals surface area contributed by atoms with Crippen molar-refractivity contribution < 1.29 is 14.3 Å². The van der Waals surface area contributed by atoms with Crippen molar-refractivity contribution in [3.05, 3.63) is 47.7 Å². The minimum Gasteiger partial charge on any atom is -0.497 e. The maximum absolute atomic E-state index is 11.9. The number of carbonyl (C=O) groups is 1. The summed E-state index contributed by atoms with van der Waals surface area (Å²) < 4.78 is 12.5. The summed E-state index contributed by atoms with van der Waals surface area (Å²) in [6.07, 6.45) is 9.45. The molecule has 0 bridgehead atoms. The number of ether oxygens (including phenoxy) is 2. The highest BCUT2D eigenvalue weighted by atomic mass is 16.5. The van der Waals surface area contributed by atoms with Crippen LogP contribution >= 0.6 is 0 Å². The van der Waals surface area contributed by atoms with Gasteiger partial charge >= 0.3 is 0 Å². The van der Waals surface area contributed by atoms with E-state index in [9.17, 15) is 4.79 Å². The number of nitrogens with zero attached hydrogens (tertiary/aromatic N) is 4. The Labute approximate surface area is 180 Å². The summed E-state index contributed by atoms with van der Waals surface area (Å²) in [5.74, 6) is 10.5. The number of benzene rings is 1. The number of anilines is 1. The molecule has 1 unspecified atom stereocenters. The van der Waals surface area contributed by atoms with E-state index in [2.05, 4.69) is 22.7 Å². The Morgan fingerprint density at radius 1 is 1.23 bits per heavy atom. The van der Waals surface area contributed by atoms with Crippen LogP contribution in [0.15, 0.2) is 30.6 Å². The molecule has 0 aliphatic carbocycles. The first kappa shape index (κ1) is 20.1. The SMILES string of the molecule is C#CC(=O)N1CCC(c2nc(C#Cc3cc(OC)cc(OC)c3)c3c(N)nccn23)C1. The van der Waals surface area contributed by atoms with Gasteiger partial charge in [0, 0.05) is 43.0 Å². The van der Waals surface area contributed by atoms with E-state index < -0.39 is 0 Å². The minimum atomic E-state index is -0.309. The third-order valence-corrected chi connectivity index (χ3v) is 5.25. The van der Waals surface area contributed by atoms with Crippen molar-refractivity contribution in [1.82, 2.24) is 19.3 Å². The summed E-state index contributed by atoms with van der Waals surface area (Å²) >= 11 is 0. The zero-order valence-corrected chi connectivity index (χ0v) is 17.3. The first-order valence-corrected chi connectivity index (χ1v) is 9.67. The van der Waals surface area contributed by atoms with Crippen LogP contribution in [0.3, 0.4) is 0 Å². The predicted octanol–water partition coefficient (Wildman–Crippen LogP) is 1.68. The maximum atomic E-state index is 11.9. The van der Waals surface area contributed by atoms with E-state index in [1.165, 1.54) is 0 Å². The summed E-state index contributed by atoms with van der Waals surface area (Å²) in [4.78, 5) is 22.5. The molecule has 3 aromatic rings. The molecule has 0 radical (unpaired) electrons. The lowest BCUT2D eigenvalue weighted by atomic mass is 10.1. The van der Waals surface area contributed by atoms with Gasteiger partial charge < -0.3 is 20.1 Å². The fourth-order valence-electron chi connectivity index (χ4n) is 3.72. The summed E-state index contributed by atoms with van der Waals surface area (Å²) in [7, 11) is 3.17. The number of nitrogens with two attached hydrogens (primary N) is 1. The molecule has 31 heavy (non-hydrogen) atoms. The number of hydrogen-bond acceptors (Lipinski definition) is 6. The number of amides is 1. The number of terminal acetylenes is 1. The molecule has 1 amide bonds. The molecule has 2 aromatic heterocycles. The number of imidazole rings is 1. The Hall–Kier alpha value is -4.17. The van der Waals surface area contributed by atoms with Crippen molar-refractivity contribution in [2.45, 2.75) is 12.3 Å². The Kier molecular flexibility index (Phi) is 5.38. The first-order chi connectivity index (χ1) is 15.0. The van der Waals surface area contributed by atoms with Crippen LogP contribution in [0.25, 0.3) is 5.52 Å². The number of nitrogen functional groups attached to an aromatic ring is 1. The van der Waals surface area contributed by atoms with Crippen LogP contribution in [0, 0.1) is 24.2 Å². The topological polar surface area (TPSA) is 95.0 Å². The van der Waals surface area contributed by atoms with Crippen LogP contribution in [0.4, 0.5) is 5.82 Å². The van der Waals surface area contributed by atoms with Gasteiger partial charge in [0.2, 0.25) is 0 Å². The average Bonchev–Trinajstić information content (AvgIpc) is 3.42. The lowest BCUT2D eigenvalue weighted by Gasteiger charge is -2.12. The van der Waals surface area contributed by atoms with Gasteiger partial charge in [-0.05, 0) is 30.4 Å². The van der Waals surface area contributed by atoms with Crippen molar-refractivity contribution in [3.63, 3.8) is 0 Å². The van der Waals surface area contributed by atoms with Gasteiger partial charge in [-0.15, -0.1) is 6.42 Å². The maximum Gasteiger partial charge on any atom is 0.298 e. The zero-order chi connectivity index (χ0) is 22.0. The highest BCUT2D eigenvalue weighted by Gasteiger charge is 2.30. The molecule has 4 rings (SSSR count). The summed E-state index contributed by atoms with van der Waals surface area (Å²) in [6, 6.07) is 5.41. The molecule has 1 atom stereocenters. The molecule has 8 nitrogen and oxygen atoms in total. The van der Waals surface area contributed by atoms with E-state index >= 15 is 0 Å². The summed E-state index contributed by atoms with van der Waals surface area (Å²) in [5, 5.41) is 0. The molecule has 1 aliphatic rings. The Bertz CT molecular complexity index is 1240. The Balaban J connectivity index is 1.75. The predicted molar refractivity (Wildman–Crippen MR) is 116 cm³/mol. The van der Waals surface area contributed by atoms with Gasteiger partial charge in [-0.2, -0.15) is 0 Å². The van der Waals surface area contributed by atoms with E-state index in [-0.39, 0.29) is 11.8 Å². The largest absolute Gasteiger partial charge is 0.497 e. The van der Waals surface area contributed by atoms with Gasteiger partial charge in [0.15, 0.2) is 5.82 Å². The van der Waals surface area contributed by atoms with Crippen molar-refractivity contribution in [1.29, 1.82) is 0 Å². The van der Waals surface area contributed by atoms with Crippen LogP contribution < -0.4 is 15.2 Å². The molecule has 2 N–H and O–H groups in total. The smallest absolute Gasteiger partial charge is 0.298 e. The van der Waals surface area contributed by atoms with Gasteiger partial charge in [0.05, 0.1) is 14.2 Å². The first-order valence-electron chi connectivity index (χ1n) is 9.67. The second kappa shape index (κ2) is 8.29. The van der Waals surface area contributed by atoms with Gasteiger partial charge in [-0.1, -0.05) is 5.92 Å². The van der Waals surface area contributed by atoms with Crippen molar-refractivity contribution in [3.8, 4) is 35.7 Å². The fourth-order valence-corrected chi connectivity index (χ4v) is 3.72. The number of carbonyl (C=O) groups excluding carboxylic acids is 1. The lowest BCUT2D eigenvalue weighted by molar-refractivity contribution is -0.124. The average molecular weight is 415 g/mol. The number of hydrogen-bond donors (Lipinski definition) is 1. The standard InChI is InChI=1S/C23H21N5O3/c1-4-20(29)27-9-7-16(14-27)23-26-19(21-22(24)25-8-10-28(21)23)6-5-15-11-17(30-2)13-18(12-15)31-3/h1,8,10-13,16H,7,9,14H2,2-3H3,(H2,24,25). The number of methoxy groups -OCH3 is 2. The van der Waals surface area contributed by atoms with Gasteiger partial charge in [0.25, 0.3) is 5.91 Å². The number of rotatable bonds is 3. The third kappa shape index (κ3) is 3.84. The number of fused-ring (bicyclic) bond motifs is 1. The molecule has 1 aliphatic heterocycles. The van der Waals surface area contributed by atoms with Crippen LogP contribution in [-0.2, 0) is 4.79 Å². The number of likely N-dealkylation sites (tertiary alicyclic amines) is 1. The molecule has 1 saturated heterocycles. The van der Waals surface area contributed by atoms with Crippen molar-refractivity contribution in [2.24, 2.45) is 0 Å². The molecule has 3 heterocycles. The molecule has 1 aromatic carbocycles. The van der Waals surface area contributed by atoms with E-state index in [4.69, 9.17) is 26.6 Å². The molecule has 156 valence electrons. The van der Waals surface area contributed by atoms with Crippen LogP contribution in [-0.4, -0.2) is 52.5 Å². The van der Waals surface area contributed by atoms with Crippen LogP contribution in [0.5, 0.6) is 11.5 Å². The molecule has 1 fully saturated rings. The van der Waals surface area contributed by atoms with Gasteiger partial charge in [0.1, 0.15) is 28.5 Å². The second-order valence-corrected chi connectivity index (χ2v) is 7.08. The van der Waals surface area contributed by atoms with Crippen LogP contribution in [0.1, 0.15) is 29.4 Å². The van der Waals surface area contributed by atoms with E-state index in [0.717, 1.165) is 12.2 Å². The molecular weight excluding hydrogens is 394 g/mol.